The molecule has 1 aromatic heterocycles. The molecule has 120 valence electrons. The molecule has 0 aliphatic carbocycles. The van der Waals surface area contributed by atoms with Crippen molar-refractivity contribution in [3.05, 3.63) is 48.0 Å². The van der Waals surface area contributed by atoms with Crippen LogP contribution in [-0.2, 0) is 4.79 Å². The first-order valence-corrected chi connectivity index (χ1v) is 7.50. The summed E-state index contributed by atoms with van der Waals surface area (Å²) in [4.78, 5) is 20.9. The van der Waals surface area contributed by atoms with Gasteiger partial charge in [0.25, 0.3) is 5.91 Å². The van der Waals surface area contributed by atoms with E-state index < -0.39 is 6.10 Å². The van der Waals surface area contributed by atoms with Crippen molar-refractivity contribution < 1.29 is 9.53 Å². The van der Waals surface area contributed by atoms with Crippen LogP contribution in [-0.4, -0.2) is 43.0 Å². The summed E-state index contributed by atoms with van der Waals surface area (Å²) in [6.07, 6.45) is -0.656. The second-order valence-electron chi connectivity index (χ2n) is 5.76. The molecule has 0 radical (unpaired) electrons. The first kappa shape index (κ1) is 15.3. The van der Waals surface area contributed by atoms with Crippen molar-refractivity contribution in [1.82, 2.24) is 9.88 Å². The van der Waals surface area contributed by atoms with Crippen LogP contribution >= 0.6 is 0 Å². The molecular formula is C17H20N4O2. The van der Waals surface area contributed by atoms with Crippen LogP contribution in [0.1, 0.15) is 11.7 Å². The molecule has 0 saturated carbocycles. The fourth-order valence-corrected chi connectivity index (χ4v) is 2.51. The summed E-state index contributed by atoms with van der Waals surface area (Å²) in [5.41, 5.74) is 6.60. The summed E-state index contributed by atoms with van der Waals surface area (Å²) in [6.45, 7) is 1.26. The lowest BCUT2D eigenvalue weighted by Gasteiger charge is -2.34. The zero-order valence-corrected chi connectivity index (χ0v) is 13.3. The molecule has 6 nitrogen and oxygen atoms in total. The molecule has 1 unspecified atom stereocenters. The van der Waals surface area contributed by atoms with E-state index in [-0.39, 0.29) is 5.91 Å². The standard InChI is InChI=1S/C17H20N4O2/c1-20(2)10-11-21-16-13(8-9-14(18)19-16)23-15(17(21)22)12-6-4-3-5-7-12/h3-9,15H,10-11H2,1-2H3,(H2,18,19). The van der Waals surface area contributed by atoms with Gasteiger partial charge in [-0.1, -0.05) is 30.3 Å². The van der Waals surface area contributed by atoms with Gasteiger partial charge < -0.3 is 15.4 Å². The van der Waals surface area contributed by atoms with E-state index >= 15 is 0 Å². The Morgan fingerprint density at radius 3 is 2.65 bits per heavy atom. The summed E-state index contributed by atoms with van der Waals surface area (Å²) in [5.74, 6) is 1.31. The Morgan fingerprint density at radius 1 is 1.22 bits per heavy atom. The lowest BCUT2D eigenvalue weighted by Crippen LogP contribution is -2.44. The highest BCUT2D eigenvalue weighted by molar-refractivity contribution is 5.99. The van der Waals surface area contributed by atoms with Crippen molar-refractivity contribution in [3.63, 3.8) is 0 Å². The van der Waals surface area contributed by atoms with Gasteiger partial charge in [0.2, 0.25) is 6.10 Å². The van der Waals surface area contributed by atoms with Gasteiger partial charge in [0.05, 0.1) is 0 Å². The molecule has 2 aromatic rings. The van der Waals surface area contributed by atoms with E-state index in [1.54, 1.807) is 17.0 Å². The van der Waals surface area contributed by atoms with Crippen LogP contribution < -0.4 is 15.4 Å². The highest BCUT2D eigenvalue weighted by Crippen LogP contribution is 2.37. The Bertz CT molecular complexity index is 703. The molecule has 0 spiro atoms. The third kappa shape index (κ3) is 3.12. The number of nitrogen functional groups attached to an aromatic ring is 1. The van der Waals surface area contributed by atoms with Crippen LogP contribution in [0.2, 0.25) is 0 Å². The summed E-state index contributed by atoms with van der Waals surface area (Å²) in [6, 6.07) is 12.9. The molecule has 1 aliphatic rings. The van der Waals surface area contributed by atoms with Gasteiger partial charge in [-0.15, -0.1) is 0 Å². The lowest BCUT2D eigenvalue weighted by molar-refractivity contribution is -0.126. The third-order valence-electron chi connectivity index (χ3n) is 3.72. The van der Waals surface area contributed by atoms with Gasteiger partial charge in [0.15, 0.2) is 11.6 Å². The monoisotopic (exact) mass is 312 g/mol. The largest absolute Gasteiger partial charge is 0.472 e. The van der Waals surface area contributed by atoms with Gasteiger partial charge >= 0.3 is 0 Å². The molecule has 1 aromatic carbocycles. The number of aromatic nitrogens is 1. The number of nitrogens with two attached hydrogens (primary N) is 1. The first-order valence-electron chi connectivity index (χ1n) is 7.50. The Balaban J connectivity index is 1.99. The van der Waals surface area contributed by atoms with Crippen molar-refractivity contribution in [2.24, 2.45) is 0 Å². The van der Waals surface area contributed by atoms with E-state index in [4.69, 9.17) is 10.5 Å². The van der Waals surface area contributed by atoms with E-state index in [0.29, 0.717) is 23.9 Å². The number of nitrogens with zero attached hydrogens (tertiary/aromatic N) is 3. The summed E-state index contributed by atoms with van der Waals surface area (Å²) >= 11 is 0. The molecule has 2 heterocycles. The number of benzene rings is 1. The minimum absolute atomic E-state index is 0.122. The normalized spacial score (nSPS) is 17.1. The molecule has 3 rings (SSSR count). The number of anilines is 2. The van der Waals surface area contributed by atoms with Crippen LogP contribution in [0.5, 0.6) is 5.75 Å². The average molecular weight is 312 g/mol. The number of rotatable bonds is 4. The maximum Gasteiger partial charge on any atom is 0.274 e. The quantitative estimate of drug-likeness (QED) is 0.930. The predicted molar refractivity (Wildman–Crippen MR) is 89.4 cm³/mol. The summed E-state index contributed by atoms with van der Waals surface area (Å²) in [5, 5.41) is 0. The van der Waals surface area contributed by atoms with Crippen LogP contribution in [0, 0.1) is 0 Å². The van der Waals surface area contributed by atoms with Gasteiger partial charge in [0.1, 0.15) is 5.82 Å². The molecule has 1 aliphatic heterocycles. The van der Waals surface area contributed by atoms with Gasteiger partial charge in [0, 0.05) is 18.7 Å². The number of carbonyl (C=O) groups excluding carboxylic acids is 1. The predicted octanol–water partition coefficient (Wildman–Crippen LogP) is 1.69. The van der Waals surface area contributed by atoms with Gasteiger partial charge in [-0.25, -0.2) is 4.98 Å². The SMILES string of the molecule is CN(C)CCN1C(=O)C(c2ccccc2)Oc2ccc(N)nc21. The number of hydrogen-bond donors (Lipinski definition) is 1. The fraction of sp³-hybridized carbons (Fsp3) is 0.294. The molecule has 23 heavy (non-hydrogen) atoms. The number of amides is 1. The first-order chi connectivity index (χ1) is 11.1. The topological polar surface area (TPSA) is 71.7 Å². The third-order valence-corrected chi connectivity index (χ3v) is 3.72. The molecule has 1 atom stereocenters. The van der Waals surface area contributed by atoms with E-state index in [1.807, 2.05) is 49.3 Å². The number of ether oxygens (including phenoxy) is 1. The number of likely N-dealkylation sites (N-methyl/N-ethyl adjacent to an activating group) is 1. The molecule has 1 amide bonds. The van der Waals surface area contributed by atoms with Crippen LogP contribution in [0.3, 0.4) is 0 Å². The van der Waals surface area contributed by atoms with Crippen molar-refractivity contribution in [1.29, 1.82) is 0 Å². The van der Waals surface area contributed by atoms with E-state index in [2.05, 4.69) is 4.98 Å². The fourth-order valence-electron chi connectivity index (χ4n) is 2.51. The van der Waals surface area contributed by atoms with Crippen molar-refractivity contribution >= 4 is 17.5 Å². The molecular weight excluding hydrogens is 292 g/mol. The Labute approximate surface area is 135 Å². The van der Waals surface area contributed by atoms with Crippen molar-refractivity contribution in [3.8, 4) is 5.75 Å². The number of pyridine rings is 1. The number of fused-ring (bicyclic) bond motifs is 1. The zero-order chi connectivity index (χ0) is 16.4. The second kappa shape index (κ2) is 6.26. The zero-order valence-electron chi connectivity index (χ0n) is 13.3. The maximum atomic E-state index is 12.9. The van der Waals surface area contributed by atoms with Gasteiger partial charge in [-0.05, 0) is 26.2 Å². The Morgan fingerprint density at radius 2 is 1.96 bits per heavy atom. The van der Waals surface area contributed by atoms with Crippen LogP contribution in [0.4, 0.5) is 11.6 Å². The Hall–Kier alpha value is -2.60. The average Bonchev–Trinajstić information content (AvgIpc) is 2.54. The molecule has 2 N–H and O–H groups in total. The smallest absolute Gasteiger partial charge is 0.274 e. The van der Waals surface area contributed by atoms with Crippen molar-refractivity contribution in [2.45, 2.75) is 6.10 Å². The summed E-state index contributed by atoms with van der Waals surface area (Å²) in [7, 11) is 3.93. The number of hydrogen-bond acceptors (Lipinski definition) is 5. The van der Waals surface area contributed by atoms with E-state index in [0.717, 1.165) is 12.1 Å². The van der Waals surface area contributed by atoms with Gasteiger partial charge in [-0.2, -0.15) is 0 Å². The molecule has 0 saturated heterocycles. The minimum Gasteiger partial charge on any atom is -0.472 e. The van der Waals surface area contributed by atoms with Gasteiger partial charge in [-0.3, -0.25) is 9.69 Å². The lowest BCUT2D eigenvalue weighted by atomic mass is 10.1. The number of carbonyl (C=O) groups is 1. The van der Waals surface area contributed by atoms with Crippen LogP contribution in [0.15, 0.2) is 42.5 Å². The summed E-state index contributed by atoms with van der Waals surface area (Å²) < 4.78 is 5.90. The second-order valence-corrected chi connectivity index (χ2v) is 5.76. The molecule has 0 bridgehead atoms. The minimum atomic E-state index is -0.656. The highest BCUT2D eigenvalue weighted by Gasteiger charge is 2.36. The van der Waals surface area contributed by atoms with E-state index in [9.17, 15) is 4.79 Å². The maximum absolute atomic E-state index is 12.9. The Kier molecular flexibility index (Phi) is 4.16. The van der Waals surface area contributed by atoms with E-state index in [1.165, 1.54) is 0 Å². The molecule has 0 fully saturated rings. The van der Waals surface area contributed by atoms with Crippen LogP contribution in [0.25, 0.3) is 0 Å². The molecule has 6 heteroatoms. The van der Waals surface area contributed by atoms with Crippen molar-refractivity contribution in [2.75, 3.05) is 37.8 Å². The highest BCUT2D eigenvalue weighted by atomic mass is 16.5.